The molecule has 2 amide bonds. The van der Waals surface area contributed by atoms with Crippen molar-refractivity contribution in [1.29, 1.82) is 0 Å². The molecule has 0 spiro atoms. The van der Waals surface area contributed by atoms with E-state index in [-0.39, 0.29) is 6.03 Å². The molecule has 1 aromatic heterocycles. The van der Waals surface area contributed by atoms with Crippen LogP contribution in [0.5, 0.6) is 0 Å². The summed E-state index contributed by atoms with van der Waals surface area (Å²) in [5, 5.41) is 7.98. The predicted octanol–water partition coefficient (Wildman–Crippen LogP) is 4.81. The van der Waals surface area contributed by atoms with E-state index < -0.39 is 0 Å². The number of nitrogens with zero attached hydrogens (tertiary/aromatic N) is 3. The zero-order valence-corrected chi connectivity index (χ0v) is 15.8. The van der Waals surface area contributed by atoms with E-state index in [4.69, 9.17) is 11.6 Å². The number of anilines is 1. The second-order valence-electron chi connectivity index (χ2n) is 6.16. The third-order valence-electron chi connectivity index (χ3n) is 4.30. The van der Waals surface area contributed by atoms with Crippen molar-refractivity contribution in [3.8, 4) is 5.69 Å². The number of nitrogens with one attached hydrogen (secondary N) is 1. The maximum Gasteiger partial charge on any atom is 0.321 e. The number of benzene rings is 2. The first-order chi connectivity index (χ1) is 12.5. The molecule has 0 bridgehead atoms. The van der Waals surface area contributed by atoms with Crippen LogP contribution in [0, 0.1) is 13.8 Å². The van der Waals surface area contributed by atoms with Gasteiger partial charge in [0.25, 0.3) is 0 Å². The molecule has 134 valence electrons. The Hall–Kier alpha value is -2.79. The van der Waals surface area contributed by atoms with Gasteiger partial charge in [0.05, 0.1) is 28.6 Å². The minimum atomic E-state index is -0.218. The van der Waals surface area contributed by atoms with Crippen LogP contribution in [0.4, 0.5) is 10.5 Å². The molecule has 0 radical (unpaired) electrons. The van der Waals surface area contributed by atoms with E-state index in [1.165, 1.54) is 0 Å². The van der Waals surface area contributed by atoms with Crippen molar-refractivity contribution in [3.05, 3.63) is 76.6 Å². The van der Waals surface area contributed by atoms with Crippen molar-refractivity contribution >= 4 is 23.3 Å². The third-order valence-corrected chi connectivity index (χ3v) is 4.63. The quantitative estimate of drug-likeness (QED) is 0.718. The maximum absolute atomic E-state index is 12.5. The molecule has 0 saturated heterocycles. The first-order valence-corrected chi connectivity index (χ1v) is 8.72. The first-order valence-electron chi connectivity index (χ1n) is 8.34. The van der Waals surface area contributed by atoms with E-state index in [9.17, 15) is 4.79 Å². The zero-order chi connectivity index (χ0) is 18.7. The summed E-state index contributed by atoms with van der Waals surface area (Å²) >= 11 is 6.11. The molecule has 0 aliphatic carbocycles. The molecule has 3 aromatic rings. The molecule has 1 heterocycles. The van der Waals surface area contributed by atoms with Gasteiger partial charge in [-0.05, 0) is 38.1 Å². The topological polar surface area (TPSA) is 50.2 Å². The molecule has 2 aromatic carbocycles. The van der Waals surface area contributed by atoms with Crippen molar-refractivity contribution < 1.29 is 4.79 Å². The number of halogens is 1. The Balaban J connectivity index is 1.77. The van der Waals surface area contributed by atoms with Gasteiger partial charge in [-0.25, -0.2) is 9.48 Å². The molecule has 26 heavy (non-hydrogen) atoms. The Labute approximate surface area is 158 Å². The number of aryl methyl sites for hydroxylation is 1. The third kappa shape index (κ3) is 3.73. The number of rotatable bonds is 4. The van der Waals surface area contributed by atoms with Crippen LogP contribution < -0.4 is 5.32 Å². The Morgan fingerprint density at radius 2 is 1.77 bits per heavy atom. The molecule has 6 heteroatoms. The molecule has 1 N–H and O–H groups in total. The Morgan fingerprint density at radius 3 is 2.46 bits per heavy atom. The highest BCUT2D eigenvalue weighted by Gasteiger charge is 2.17. The number of hydrogen-bond donors (Lipinski definition) is 1. The average molecular weight is 369 g/mol. The van der Waals surface area contributed by atoms with Crippen LogP contribution in [0.3, 0.4) is 0 Å². The fraction of sp³-hybridized carbons (Fsp3) is 0.200. The highest BCUT2D eigenvalue weighted by Crippen LogP contribution is 2.22. The minimum Gasteiger partial charge on any atom is -0.323 e. The number of carbonyl (C=O) groups excluding carboxylic acids is 1. The predicted molar refractivity (Wildman–Crippen MR) is 105 cm³/mol. The van der Waals surface area contributed by atoms with Crippen LogP contribution >= 0.6 is 11.6 Å². The second kappa shape index (κ2) is 7.62. The molecule has 0 aliphatic rings. The SMILES string of the molecule is Cc1nn(-c2ccccc2)c(C)c1CN(C)C(=O)Nc1ccccc1Cl. The lowest BCUT2D eigenvalue weighted by Crippen LogP contribution is -2.31. The Bertz CT molecular complexity index is 921. The monoisotopic (exact) mass is 368 g/mol. The van der Waals surface area contributed by atoms with Gasteiger partial charge in [0, 0.05) is 18.3 Å². The van der Waals surface area contributed by atoms with Crippen LogP contribution in [0.2, 0.25) is 5.02 Å². The normalized spacial score (nSPS) is 10.6. The van der Waals surface area contributed by atoms with E-state index in [1.807, 2.05) is 61.0 Å². The number of para-hydroxylation sites is 2. The van der Waals surface area contributed by atoms with E-state index in [0.717, 1.165) is 22.6 Å². The van der Waals surface area contributed by atoms with Gasteiger partial charge in [-0.2, -0.15) is 5.10 Å². The van der Waals surface area contributed by atoms with E-state index >= 15 is 0 Å². The zero-order valence-electron chi connectivity index (χ0n) is 15.0. The number of carbonyl (C=O) groups is 1. The second-order valence-corrected chi connectivity index (χ2v) is 6.57. The highest BCUT2D eigenvalue weighted by atomic mass is 35.5. The lowest BCUT2D eigenvalue weighted by atomic mass is 10.2. The van der Waals surface area contributed by atoms with Crippen molar-refractivity contribution in [2.45, 2.75) is 20.4 Å². The van der Waals surface area contributed by atoms with Crippen molar-refractivity contribution in [2.75, 3.05) is 12.4 Å². The van der Waals surface area contributed by atoms with E-state index in [1.54, 1.807) is 24.1 Å². The molecular weight excluding hydrogens is 348 g/mol. The summed E-state index contributed by atoms with van der Waals surface area (Å²) < 4.78 is 1.91. The summed E-state index contributed by atoms with van der Waals surface area (Å²) in [6.07, 6.45) is 0. The number of aromatic nitrogens is 2. The van der Waals surface area contributed by atoms with Crippen molar-refractivity contribution in [1.82, 2.24) is 14.7 Å². The van der Waals surface area contributed by atoms with Gasteiger partial charge < -0.3 is 10.2 Å². The van der Waals surface area contributed by atoms with Gasteiger partial charge in [0.15, 0.2) is 0 Å². The van der Waals surface area contributed by atoms with Crippen LogP contribution in [-0.2, 0) is 6.54 Å². The van der Waals surface area contributed by atoms with Crippen molar-refractivity contribution in [2.24, 2.45) is 0 Å². The van der Waals surface area contributed by atoms with Crippen LogP contribution in [-0.4, -0.2) is 27.8 Å². The van der Waals surface area contributed by atoms with Crippen LogP contribution in [0.15, 0.2) is 54.6 Å². The van der Waals surface area contributed by atoms with Crippen LogP contribution in [0.1, 0.15) is 17.0 Å². The van der Waals surface area contributed by atoms with Gasteiger partial charge >= 0.3 is 6.03 Å². The van der Waals surface area contributed by atoms with Gasteiger partial charge in [-0.3, -0.25) is 0 Å². The molecule has 0 aliphatic heterocycles. The minimum absolute atomic E-state index is 0.218. The van der Waals surface area contributed by atoms with Gasteiger partial charge in [0.2, 0.25) is 0 Å². The smallest absolute Gasteiger partial charge is 0.321 e. The summed E-state index contributed by atoms with van der Waals surface area (Å²) in [5.41, 5.74) is 4.56. The summed E-state index contributed by atoms with van der Waals surface area (Å²) in [5.74, 6) is 0. The lowest BCUT2D eigenvalue weighted by Gasteiger charge is -2.19. The Morgan fingerprint density at radius 1 is 1.12 bits per heavy atom. The van der Waals surface area contributed by atoms with Crippen molar-refractivity contribution in [3.63, 3.8) is 0 Å². The number of amides is 2. The van der Waals surface area contributed by atoms with Gasteiger partial charge in [-0.1, -0.05) is 41.9 Å². The Kier molecular flexibility index (Phi) is 5.28. The largest absolute Gasteiger partial charge is 0.323 e. The van der Waals surface area contributed by atoms with E-state index in [2.05, 4.69) is 10.4 Å². The van der Waals surface area contributed by atoms with Gasteiger partial charge in [0.1, 0.15) is 0 Å². The summed E-state index contributed by atoms with van der Waals surface area (Å²) in [6, 6.07) is 16.9. The summed E-state index contributed by atoms with van der Waals surface area (Å²) in [4.78, 5) is 14.1. The molecule has 0 fully saturated rings. The fourth-order valence-electron chi connectivity index (χ4n) is 2.81. The highest BCUT2D eigenvalue weighted by molar-refractivity contribution is 6.33. The molecule has 5 nitrogen and oxygen atoms in total. The summed E-state index contributed by atoms with van der Waals surface area (Å²) in [7, 11) is 1.75. The summed E-state index contributed by atoms with van der Waals surface area (Å²) in [6.45, 7) is 4.44. The number of urea groups is 1. The molecule has 3 rings (SSSR count). The van der Waals surface area contributed by atoms with Gasteiger partial charge in [-0.15, -0.1) is 0 Å². The molecule has 0 unspecified atom stereocenters. The standard InChI is InChI=1S/C20H21ClN4O/c1-14-17(15(2)25(23-14)16-9-5-4-6-10-16)13-24(3)20(26)22-19-12-8-7-11-18(19)21/h4-12H,13H2,1-3H3,(H,22,26). The molecular formula is C20H21ClN4O. The van der Waals surface area contributed by atoms with E-state index in [0.29, 0.717) is 17.3 Å². The lowest BCUT2D eigenvalue weighted by molar-refractivity contribution is 0.220. The fourth-order valence-corrected chi connectivity index (χ4v) is 2.99. The first kappa shape index (κ1) is 18.0. The molecule has 0 saturated carbocycles. The van der Waals surface area contributed by atoms with Crippen LogP contribution in [0.25, 0.3) is 5.69 Å². The number of hydrogen-bond acceptors (Lipinski definition) is 2. The molecule has 0 atom stereocenters. The maximum atomic E-state index is 12.5. The average Bonchev–Trinajstić information content (AvgIpc) is 2.92.